The van der Waals surface area contributed by atoms with E-state index in [1.165, 1.54) is 37.6 Å². The molecular formula is C16H14F3N5O2S. The number of anilines is 1. The number of aryl methyl sites for hydroxylation is 1. The molecule has 0 saturated heterocycles. The number of aromatic nitrogens is 4. The second-order valence-electron chi connectivity index (χ2n) is 5.55. The molecule has 27 heavy (non-hydrogen) atoms. The van der Waals surface area contributed by atoms with E-state index in [1.807, 2.05) is 0 Å². The van der Waals surface area contributed by atoms with Gasteiger partial charge in [0.2, 0.25) is 5.88 Å². The average Bonchev–Trinajstić information content (AvgIpc) is 3.19. The molecule has 2 heterocycles. The second-order valence-corrected chi connectivity index (χ2v) is 5.93. The molecule has 0 atom stereocenters. The first kappa shape index (κ1) is 18.8. The number of amides is 1. The fraction of sp³-hybridized carbons (Fsp3) is 0.188. The Morgan fingerprint density at radius 3 is 2.44 bits per heavy atom. The normalized spacial score (nSPS) is 11.5. The minimum absolute atomic E-state index is 0.0614. The summed E-state index contributed by atoms with van der Waals surface area (Å²) in [5.74, 6) is -0.475. The predicted molar refractivity (Wildman–Crippen MR) is 94.4 cm³/mol. The van der Waals surface area contributed by atoms with Gasteiger partial charge in [0.25, 0.3) is 5.91 Å². The molecule has 0 saturated carbocycles. The molecule has 1 aromatic carbocycles. The van der Waals surface area contributed by atoms with Gasteiger partial charge in [-0.1, -0.05) is 0 Å². The van der Waals surface area contributed by atoms with Gasteiger partial charge in [0.05, 0.1) is 19.0 Å². The van der Waals surface area contributed by atoms with Gasteiger partial charge in [-0.3, -0.25) is 4.79 Å². The number of nitrogens with one attached hydrogen (secondary N) is 1. The van der Waals surface area contributed by atoms with Crippen molar-refractivity contribution in [2.45, 2.75) is 13.1 Å². The number of nitrogens with zero attached hydrogens (tertiary/aromatic N) is 4. The molecule has 0 radical (unpaired) electrons. The molecule has 1 N–H and O–H groups in total. The van der Waals surface area contributed by atoms with E-state index >= 15 is 0 Å². The molecule has 0 unspecified atom stereocenters. The van der Waals surface area contributed by atoms with Crippen LogP contribution in [-0.2, 0) is 6.18 Å². The van der Waals surface area contributed by atoms with E-state index in [-0.39, 0.29) is 11.6 Å². The molecule has 142 valence electrons. The number of ether oxygens (including phenoxy) is 1. The van der Waals surface area contributed by atoms with E-state index in [2.05, 4.69) is 28.3 Å². The molecule has 0 aliphatic rings. The highest BCUT2D eigenvalue weighted by Crippen LogP contribution is 2.32. The lowest BCUT2D eigenvalue weighted by atomic mass is 10.2. The van der Waals surface area contributed by atoms with Gasteiger partial charge in [-0.05, 0) is 44.0 Å². The van der Waals surface area contributed by atoms with Gasteiger partial charge in [-0.2, -0.15) is 23.4 Å². The number of thiol groups is 1. The Hall–Kier alpha value is -2.95. The number of methoxy groups -OCH3 is 1. The molecule has 0 bridgehead atoms. The number of hydrogen-bond donors (Lipinski definition) is 2. The van der Waals surface area contributed by atoms with Crippen LogP contribution in [0.4, 0.5) is 18.9 Å². The standard InChI is InChI=1S/C16H14F3N5O2S/c1-9-8-20-24(27)14(9)15(25)21-10-3-5-11(6-4-10)23-13(26-2)7-12(22-23)16(17,18)19/h3-8,27H,1-2H3,(H,21,25). The molecule has 3 rings (SSSR count). The van der Waals surface area contributed by atoms with Crippen molar-refractivity contribution in [3.63, 3.8) is 0 Å². The second kappa shape index (κ2) is 6.99. The van der Waals surface area contributed by atoms with Crippen LogP contribution in [0.25, 0.3) is 5.69 Å². The summed E-state index contributed by atoms with van der Waals surface area (Å²) in [5.41, 5.74) is 0.663. The largest absolute Gasteiger partial charge is 0.481 e. The van der Waals surface area contributed by atoms with Crippen LogP contribution in [-0.4, -0.2) is 32.0 Å². The summed E-state index contributed by atoms with van der Waals surface area (Å²) >= 11 is 4.06. The lowest BCUT2D eigenvalue weighted by Crippen LogP contribution is -2.16. The summed E-state index contributed by atoms with van der Waals surface area (Å²) in [6, 6.07) is 6.91. The average molecular weight is 397 g/mol. The van der Waals surface area contributed by atoms with Gasteiger partial charge >= 0.3 is 6.18 Å². The van der Waals surface area contributed by atoms with Gasteiger partial charge in [0.1, 0.15) is 5.69 Å². The van der Waals surface area contributed by atoms with Crippen molar-refractivity contribution in [1.29, 1.82) is 0 Å². The predicted octanol–water partition coefficient (Wildman–Crippen LogP) is 3.35. The summed E-state index contributed by atoms with van der Waals surface area (Å²) in [4.78, 5) is 12.3. The van der Waals surface area contributed by atoms with Gasteiger partial charge in [-0.15, -0.1) is 0 Å². The lowest BCUT2D eigenvalue weighted by molar-refractivity contribution is -0.141. The number of halogens is 3. The zero-order valence-electron chi connectivity index (χ0n) is 14.2. The molecule has 0 aliphatic carbocycles. The lowest BCUT2D eigenvalue weighted by Gasteiger charge is -2.09. The quantitative estimate of drug-likeness (QED) is 0.663. The van der Waals surface area contributed by atoms with Crippen molar-refractivity contribution in [3.8, 4) is 11.6 Å². The topological polar surface area (TPSA) is 74.0 Å². The fourth-order valence-electron chi connectivity index (χ4n) is 2.40. The molecule has 0 aliphatic heterocycles. The van der Waals surface area contributed by atoms with Crippen LogP contribution in [0.3, 0.4) is 0 Å². The minimum Gasteiger partial charge on any atom is -0.481 e. The molecule has 2 aromatic heterocycles. The maximum absolute atomic E-state index is 12.8. The van der Waals surface area contributed by atoms with Crippen molar-refractivity contribution in [2.75, 3.05) is 12.4 Å². The zero-order chi connectivity index (χ0) is 19.8. The first-order valence-electron chi connectivity index (χ1n) is 7.57. The minimum atomic E-state index is -4.58. The molecular weight excluding hydrogens is 383 g/mol. The Kier molecular flexibility index (Phi) is 4.87. The first-order valence-corrected chi connectivity index (χ1v) is 7.97. The number of carbonyl (C=O) groups is 1. The van der Waals surface area contributed by atoms with Crippen LogP contribution in [0, 0.1) is 6.92 Å². The van der Waals surface area contributed by atoms with E-state index in [1.54, 1.807) is 6.92 Å². The number of benzene rings is 1. The number of alkyl halides is 3. The number of hydrogen-bond acceptors (Lipinski definition) is 5. The molecule has 7 nitrogen and oxygen atoms in total. The Morgan fingerprint density at radius 2 is 1.93 bits per heavy atom. The maximum atomic E-state index is 12.8. The van der Waals surface area contributed by atoms with Crippen molar-refractivity contribution in [1.82, 2.24) is 19.0 Å². The fourth-order valence-corrected chi connectivity index (χ4v) is 2.70. The van der Waals surface area contributed by atoms with Gasteiger partial charge in [-0.25, -0.2) is 8.77 Å². The van der Waals surface area contributed by atoms with Crippen LogP contribution < -0.4 is 10.1 Å². The molecule has 0 spiro atoms. The molecule has 0 fully saturated rings. The summed E-state index contributed by atoms with van der Waals surface area (Å²) < 4.78 is 45.7. The van der Waals surface area contributed by atoms with Gasteiger partial charge < -0.3 is 10.1 Å². The van der Waals surface area contributed by atoms with E-state index in [0.717, 1.165) is 14.8 Å². The van der Waals surface area contributed by atoms with E-state index in [4.69, 9.17) is 4.74 Å². The Balaban J connectivity index is 1.84. The smallest absolute Gasteiger partial charge is 0.435 e. The van der Waals surface area contributed by atoms with Gasteiger partial charge in [0.15, 0.2) is 5.69 Å². The van der Waals surface area contributed by atoms with Crippen LogP contribution >= 0.6 is 12.8 Å². The Labute approximate surface area is 157 Å². The first-order chi connectivity index (χ1) is 12.7. The summed E-state index contributed by atoms with van der Waals surface area (Å²) in [5, 5.41) is 10.1. The molecule has 11 heteroatoms. The van der Waals surface area contributed by atoms with Gasteiger partial charge in [0, 0.05) is 17.3 Å². The molecule has 1 amide bonds. The third-order valence-electron chi connectivity index (χ3n) is 3.70. The van der Waals surface area contributed by atoms with E-state index in [9.17, 15) is 18.0 Å². The van der Waals surface area contributed by atoms with E-state index in [0.29, 0.717) is 16.9 Å². The monoisotopic (exact) mass is 397 g/mol. The number of carbonyl (C=O) groups excluding carboxylic acids is 1. The highest BCUT2D eigenvalue weighted by molar-refractivity contribution is 7.78. The SMILES string of the molecule is COc1cc(C(F)(F)F)nn1-c1ccc(NC(=O)c2c(C)cnn2S)cc1. The van der Waals surface area contributed by atoms with Crippen molar-refractivity contribution in [2.24, 2.45) is 0 Å². The van der Waals surface area contributed by atoms with Crippen molar-refractivity contribution < 1.29 is 22.7 Å². The highest BCUT2D eigenvalue weighted by atomic mass is 32.1. The van der Waals surface area contributed by atoms with Crippen molar-refractivity contribution in [3.05, 3.63) is 53.5 Å². The maximum Gasteiger partial charge on any atom is 0.435 e. The highest BCUT2D eigenvalue weighted by Gasteiger charge is 2.35. The summed E-state index contributed by atoms with van der Waals surface area (Å²) in [6.45, 7) is 1.72. The Bertz CT molecular complexity index is 960. The van der Waals surface area contributed by atoms with Crippen LogP contribution in [0.15, 0.2) is 36.5 Å². The van der Waals surface area contributed by atoms with Crippen LogP contribution in [0.2, 0.25) is 0 Å². The van der Waals surface area contributed by atoms with Crippen molar-refractivity contribution >= 4 is 24.4 Å². The van der Waals surface area contributed by atoms with Crippen LogP contribution in [0.1, 0.15) is 21.7 Å². The summed E-state index contributed by atoms with van der Waals surface area (Å²) in [7, 11) is 1.26. The Morgan fingerprint density at radius 1 is 1.26 bits per heavy atom. The van der Waals surface area contributed by atoms with E-state index < -0.39 is 17.8 Å². The summed E-state index contributed by atoms with van der Waals surface area (Å²) in [6.07, 6.45) is -3.08. The molecule has 3 aromatic rings. The third kappa shape index (κ3) is 3.77. The third-order valence-corrected chi connectivity index (χ3v) is 4.00. The van der Waals surface area contributed by atoms with Crippen LogP contribution in [0.5, 0.6) is 5.88 Å². The zero-order valence-corrected chi connectivity index (χ0v) is 15.0. The number of rotatable bonds is 4.